The number of halogens is 1. The zero-order valence-corrected chi connectivity index (χ0v) is 17.7. The molecule has 1 aliphatic rings. The van der Waals surface area contributed by atoms with Gasteiger partial charge in [-0.1, -0.05) is 76.6 Å². The van der Waals surface area contributed by atoms with Crippen molar-refractivity contribution in [1.29, 1.82) is 0 Å². The monoisotopic (exact) mass is 461 g/mol. The van der Waals surface area contributed by atoms with Crippen LogP contribution in [-0.2, 0) is 19.1 Å². The Morgan fingerprint density at radius 1 is 1.17 bits per heavy atom. The first-order valence-corrected chi connectivity index (χ1v) is 10.4. The number of rotatable bonds is 7. The molecule has 0 radical (unpaired) electrons. The summed E-state index contributed by atoms with van der Waals surface area (Å²) in [7, 11) is 0. The summed E-state index contributed by atoms with van der Waals surface area (Å²) in [6, 6.07) is 18.3. The summed E-state index contributed by atoms with van der Waals surface area (Å²) >= 11 is 3.53. The van der Waals surface area contributed by atoms with Crippen molar-refractivity contribution in [2.45, 2.75) is 36.5 Å². The SMILES string of the molecule is CCOC(=O)CC(=O)N1[C@@H]([C@@H](Br)[C@H](O)c2ccccc2)OC[C@H]1c1ccccc1. The van der Waals surface area contributed by atoms with Gasteiger partial charge in [-0.25, -0.2) is 0 Å². The predicted molar refractivity (Wildman–Crippen MR) is 111 cm³/mol. The van der Waals surface area contributed by atoms with Gasteiger partial charge in [-0.05, 0) is 18.1 Å². The molecule has 29 heavy (non-hydrogen) atoms. The lowest BCUT2D eigenvalue weighted by atomic mass is 10.0. The lowest BCUT2D eigenvalue weighted by Gasteiger charge is -2.33. The van der Waals surface area contributed by atoms with E-state index in [1.54, 1.807) is 6.92 Å². The molecule has 154 valence electrons. The average Bonchev–Trinajstić information content (AvgIpc) is 3.19. The van der Waals surface area contributed by atoms with E-state index in [0.717, 1.165) is 5.56 Å². The molecule has 4 atom stereocenters. The van der Waals surface area contributed by atoms with Crippen LogP contribution in [0.4, 0.5) is 0 Å². The third kappa shape index (κ3) is 5.04. The van der Waals surface area contributed by atoms with E-state index in [1.165, 1.54) is 4.90 Å². The van der Waals surface area contributed by atoms with E-state index in [1.807, 2.05) is 60.7 Å². The van der Waals surface area contributed by atoms with Crippen LogP contribution in [0.2, 0.25) is 0 Å². The van der Waals surface area contributed by atoms with Gasteiger partial charge in [0.2, 0.25) is 5.91 Å². The van der Waals surface area contributed by atoms with Gasteiger partial charge in [0.25, 0.3) is 0 Å². The quantitative estimate of drug-likeness (QED) is 0.388. The van der Waals surface area contributed by atoms with Gasteiger partial charge in [-0.2, -0.15) is 0 Å². The Morgan fingerprint density at radius 2 is 1.79 bits per heavy atom. The average molecular weight is 462 g/mol. The molecule has 0 unspecified atom stereocenters. The molecule has 6 nitrogen and oxygen atoms in total. The first kappa shape index (κ1) is 21.5. The molecule has 0 bridgehead atoms. The Hall–Kier alpha value is -2.22. The number of carbonyl (C=O) groups is 2. The second-order valence-electron chi connectivity index (χ2n) is 6.73. The van der Waals surface area contributed by atoms with Crippen LogP contribution in [-0.4, -0.2) is 46.2 Å². The van der Waals surface area contributed by atoms with E-state index in [2.05, 4.69) is 15.9 Å². The number of hydrogen-bond acceptors (Lipinski definition) is 5. The molecular weight excluding hydrogens is 438 g/mol. The summed E-state index contributed by atoms with van der Waals surface area (Å²) < 4.78 is 10.9. The van der Waals surface area contributed by atoms with E-state index < -0.39 is 29.0 Å². The van der Waals surface area contributed by atoms with Crippen LogP contribution >= 0.6 is 15.9 Å². The summed E-state index contributed by atoms with van der Waals surface area (Å²) in [6.45, 7) is 2.18. The number of esters is 1. The minimum Gasteiger partial charge on any atom is -0.466 e. The Balaban J connectivity index is 1.86. The summed E-state index contributed by atoms with van der Waals surface area (Å²) in [4.78, 5) is 25.9. The second-order valence-corrected chi connectivity index (χ2v) is 7.79. The van der Waals surface area contributed by atoms with Gasteiger partial charge < -0.3 is 19.5 Å². The van der Waals surface area contributed by atoms with Crippen molar-refractivity contribution in [3.63, 3.8) is 0 Å². The molecule has 1 saturated heterocycles. The number of benzene rings is 2. The van der Waals surface area contributed by atoms with Crippen LogP contribution in [0, 0.1) is 0 Å². The molecule has 2 aromatic carbocycles. The van der Waals surface area contributed by atoms with Crippen LogP contribution in [0.1, 0.15) is 36.6 Å². The number of amides is 1. The molecule has 0 saturated carbocycles. The largest absolute Gasteiger partial charge is 0.466 e. The minimum absolute atomic E-state index is 0.210. The van der Waals surface area contributed by atoms with Crippen LogP contribution in [0.3, 0.4) is 0 Å². The first-order valence-electron chi connectivity index (χ1n) is 9.53. The molecule has 0 aliphatic carbocycles. The molecule has 1 aliphatic heterocycles. The number of nitrogens with zero attached hydrogens (tertiary/aromatic N) is 1. The maximum absolute atomic E-state index is 13.0. The van der Waals surface area contributed by atoms with Gasteiger partial charge >= 0.3 is 5.97 Å². The summed E-state index contributed by atoms with van der Waals surface area (Å²) in [5.74, 6) is -0.978. The van der Waals surface area contributed by atoms with Crippen LogP contribution < -0.4 is 0 Å². The topological polar surface area (TPSA) is 76.1 Å². The number of aliphatic hydroxyl groups excluding tert-OH is 1. The molecule has 1 heterocycles. The Bertz CT molecular complexity index is 816. The maximum atomic E-state index is 13.0. The maximum Gasteiger partial charge on any atom is 0.315 e. The molecular formula is C22H24BrNO5. The van der Waals surface area contributed by atoms with Gasteiger partial charge in [-0.3, -0.25) is 9.59 Å². The fourth-order valence-corrected chi connectivity index (χ4v) is 4.15. The van der Waals surface area contributed by atoms with Crippen LogP contribution in [0.5, 0.6) is 0 Å². The Morgan fingerprint density at radius 3 is 2.41 bits per heavy atom. The molecule has 1 amide bonds. The van der Waals surface area contributed by atoms with Crippen molar-refractivity contribution in [2.75, 3.05) is 13.2 Å². The number of alkyl halides is 1. The highest BCUT2D eigenvalue weighted by molar-refractivity contribution is 9.09. The zero-order chi connectivity index (χ0) is 20.8. The standard InChI is InChI=1S/C22H24BrNO5/c1-2-28-19(26)13-18(25)24-17(15-9-5-3-6-10-15)14-29-22(24)20(23)21(27)16-11-7-4-8-12-16/h3-12,17,20-22,27H,2,13-14H2,1H3/t17-,20-,21+,22+/m0/s1. The highest BCUT2D eigenvalue weighted by Gasteiger charge is 2.44. The Kier molecular flexibility index (Phi) is 7.41. The highest BCUT2D eigenvalue weighted by Crippen LogP contribution is 2.38. The van der Waals surface area contributed by atoms with Crippen molar-refractivity contribution in [3.8, 4) is 0 Å². The van der Waals surface area contributed by atoms with Crippen LogP contribution in [0.15, 0.2) is 60.7 Å². The number of aliphatic hydroxyl groups is 1. The van der Waals surface area contributed by atoms with Gasteiger partial charge in [0.05, 0.1) is 30.2 Å². The summed E-state index contributed by atoms with van der Waals surface area (Å²) in [6.07, 6.45) is -2.01. The van der Waals surface area contributed by atoms with Gasteiger partial charge in [-0.15, -0.1) is 0 Å². The van der Waals surface area contributed by atoms with E-state index >= 15 is 0 Å². The molecule has 1 N–H and O–H groups in total. The van der Waals surface area contributed by atoms with Gasteiger partial charge in [0.15, 0.2) is 0 Å². The molecule has 0 aromatic heterocycles. The summed E-state index contributed by atoms with van der Waals surface area (Å²) in [5.41, 5.74) is 1.61. The third-order valence-electron chi connectivity index (χ3n) is 4.82. The van der Waals surface area contributed by atoms with Crippen molar-refractivity contribution >= 4 is 27.8 Å². The summed E-state index contributed by atoms with van der Waals surface area (Å²) in [5, 5.41) is 10.8. The number of hydrogen-bond donors (Lipinski definition) is 1. The number of ether oxygens (including phenoxy) is 2. The molecule has 2 aromatic rings. The number of carbonyl (C=O) groups excluding carboxylic acids is 2. The first-order chi connectivity index (χ1) is 14.0. The van der Waals surface area contributed by atoms with Crippen molar-refractivity contribution in [2.24, 2.45) is 0 Å². The Labute approximate surface area is 178 Å². The lowest BCUT2D eigenvalue weighted by molar-refractivity contribution is -0.151. The van der Waals surface area contributed by atoms with E-state index in [-0.39, 0.29) is 25.7 Å². The van der Waals surface area contributed by atoms with Crippen molar-refractivity contribution < 1.29 is 24.2 Å². The van der Waals surface area contributed by atoms with Crippen molar-refractivity contribution in [1.82, 2.24) is 4.90 Å². The molecule has 1 fully saturated rings. The molecule has 0 spiro atoms. The molecule has 3 rings (SSSR count). The molecule has 7 heteroatoms. The fourth-order valence-electron chi connectivity index (χ4n) is 3.44. The van der Waals surface area contributed by atoms with Gasteiger partial charge in [0.1, 0.15) is 12.6 Å². The second kappa shape index (κ2) is 10.0. The minimum atomic E-state index is -0.895. The zero-order valence-electron chi connectivity index (χ0n) is 16.1. The third-order valence-corrected chi connectivity index (χ3v) is 5.78. The van der Waals surface area contributed by atoms with Crippen molar-refractivity contribution in [3.05, 3.63) is 71.8 Å². The normalized spacial score (nSPS) is 20.9. The van der Waals surface area contributed by atoms with E-state index in [0.29, 0.717) is 5.56 Å². The van der Waals surface area contributed by atoms with Crippen LogP contribution in [0.25, 0.3) is 0 Å². The van der Waals surface area contributed by atoms with E-state index in [4.69, 9.17) is 9.47 Å². The predicted octanol–water partition coefficient (Wildman–Crippen LogP) is 3.36. The lowest BCUT2D eigenvalue weighted by Crippen LogP contribution is -2.45. The highest BCUT2D eigenvalue weighted by atomic mass is 79.9. The smallest absolute Gasteiger partial charge is 0.315 e. The fraction of sp³-hybridized carbons (Fsp3) is 0.364. The van der Waals surface area contributed by atoms with E-state index in [9.17, 15) is 14.7 Å². The van der Waals surface area contributed by atoms with Gasteiger partial charge in [0, 0.05) is 0 Å².